The predicted molar refractivity (Wildman–Crippen MR) is 108 cm³/mol. The fourth-order valence-electron chi connectivity index (χ4n) is 2.42. The van der Waals surface area contributed by atoms with E-state index < -0.39 is 5.97 Å². The van der Waals surface area contributed by atoms with Crippen LogP contribution in [0.1, 0.15) is 39.3 Å². The molecule has 3 rings (SSSR count). The number of carbonyl (C=O) groups is 3. The molecule has 0 saturated carbocycles. The maximum atomic E-state index is 12.3. The van der Waals surface area contributed by atoms with Gasteiger partial charge in [0.1, 0.15) is 4.88 Å². The Morgan fingerprint density at radius 2 is 2.10 bits per heavy atom. The molecule has 0 aliphatic heterocycles. The number of hydrogen-bond acceptors (Lipinski definition) is 9. The number of aryl methyl sites for hydroxylation is 1. The largest absolute Gasteiger partial charge is 0.462 e. The molecular formula is C19H19N5O5S. The third kappa shape index (κ3) is 5.47. The monoisotopic (exact) mass is 429 g/mol. The summed E-state index contributed by atoms with van der Waals surface area (Å²) in [4.78, 5) is 44.4. The second-order valence-electron chi connectivity index (χ2n) is 6.02. The van der Waals surface area contributed by atoms with Gasteiger partial charge in [0.05, 0.1) is 12.8 Å². The molecular weight excluding hydrogens is 410 g/mol. The Balaban J connectivity index is 1.48. The summed E-state index contributed by atoms with van der Waals surface area (Å²) in [7, 11) is 0. The van der Waals surface area contributed by atoms with Crippen molar-refractivity contribution in [3.05, 3.63) is 46.8 Å². The van der Waals surface area contributed by atoms with Gasteiger partial charge in [-0.3, -0.25) is 9.59 Å². The molecule has 0 aliphatic carbocycles. The van der Waals surface area contributed by atoms with Crippen molar-refractivity contribution < 1.29 is 23.6 Å². The second kappa shape index (κ2) is 9.74. The van der Waals surface area contributed by atoms with Crippen LogP contribution in [-0.4, -0.2) is 46.1 Å². The van der Waals surface area contributed by atoms with Crippen molar-refractivity contribution in [2.75, 3.05) is 18.5 Å². The Labute approximate surface area is 175 Å². The molecule has 2 heterocycles. The van der Waals surface area contributed by atoms with E-state index in [1.54, 1.807) is 38.1 Å². The van der Waals surface area contributed by atoms with Crippen molar-refractivity contribution in [1.82, 2.24) is 20.4 Å². The van der Waals surface area contributed by atoms with E-state index >= 15 is 0 Å². The summed E-state index contributed by atoms with van der Waals surface area (Å²) in [5.74, 6) is -0.326. The molecule has 0 bridgehead atoms. The smallest absolute Gasteiger partial charge is 0.350 e. The third-order valence-electron chi connectivity index (χ3n) is 3.78. The van der Waals surface area contributed by atoms with Crippen LogP contribution in [0.2, 0.25) is 0 Å². The van der Waals surface area contributed by atoms with E-state index in [-0.39, 0.29) is 36.5 Å². The molecule has 0 atom stereocenters. The maximum absolute atomic E-state index is 12.3. The summed E-state index contributed by atoms with van der Waals surface area (Å²) in [6.45, 7) is 3.78. The van der Waals surface area contributed by atoms with Gasteiger partial charge >= 0.3 is 5.97 Å². The summed E-state index contributed by atoms with van der Waals surface area (Å²) >= 11 is 1.02. The lowest BCUT2D eigenvalue weighted by molar-refractivity contribution is -0.116. The highest BCUT2D eigenvalue weighted by molar-refractivity contribution is 7.17. The molecule has 0 saturated heterocycles. The molecule has 10 nitrogen and oxygen atoms in total. The number of esters is 1. The van der Waals surface area contributed by atoms with Gasteiger partial charge in [-0.15, -0.1) is 0 Å². The van der Waals surface area contributed by atoms with E-state index in [1.807, 2.05) is 0 Å². The highest BCUT2D eigenvalue weighted by atomic mass is 32.1. The Bertz CT molecular complexity index is 1060. The normalized spacial score (nSPS) is 10.5. The Morgan fingerprint density at radius 3 is 2.83 bits per heavy atom. The number of benzene rings is 1. The zero-order valence-electron chi connectivity index (χ0n) is 16.3. The lowest BCUT2D eigenvalue weighted by atomic mass is 10.1. The summed E-state index contributed by atoms with van der Waals surface area (Å²) in [6.07, 6.45) is 1.39. The number of ether oxygens (including phenoxy) is 1. The van der Waals surface area contributed by atoms with Gasteiger partial charge in [-0.2, -0.15) is 4.98 Å². The van der Waals surface area contributed by atoms with Crippen LogP contribution in [0.4, 0.5) is 5.13 Å². The molecule has 3 aromatic rings. The van der Waals surface area contributed by atoms with E-state index in [9.17, 15) is 14.4 Å². The first-order chi connectivity index (χ1) is 14.5. The number of anilines is 1. The van der Waals surface area contributed by atoms with Gasteiger partial charge in [0.2, 0.25) is 17.6 Å². The van der Waals surface area contributed by atoms with Gasteiger partial charge < -0.3 is 19.9 Å². The number of hydrogen-bond donors (Lipinski definition) is 2. The Morgan fingerprint density at radius 1 is 1.27 bits per heavy atom. The second-order valence-corrected chi connectivity index (χ2v) is 7.05. The number of nitrogens with one attached hydrogen (secondary N) is 2. The number of aromatic nitrogens is 3. The quantitative estimate of drug-likeness (QED) is 0.521. The lowest BCUT2D eigenvalue weighted by Gasteiger charge is -2.06. The van der Waals surface area contributed by atoms with Crippen LogP contribution in [0, 0.1) is 6.92 Å². The molecule has 2 aromatic heterocycles. The van der Waals surface area contributed by atoms with Crippen molar-refractivity contribution in [2.24, 2.45) is 0 Å². The average molecular weight is 429 g/mol. The van der Waals surface area contributed by atoms with E-state index in [0.717, 1.165) is 11.3 Å². The standard InChI is InChI=1S/C19H19N5O5S/c1-3-28-18(27)14-10-21-19(30-14)23-15(25)7-8-20-17(26)13-6-4-5-12(9-13)16-22-11(2)29-24-16/h4-6,9-10H,3,7-8H2,1-2H3,(H,20,26)(H,21,23,25). The molecule has 30 heavy (non-hydrogen) atoms. The highest BCUT2D eigenvalue weighted by Crippen LogP contribution is 2.19. The van der Waals surface area contributed by atoms with E-state index in [0.29, 0.717) is 27.7 Å². The topological polar surface area (TPSA) is 136 Å². The number of carbonyl (C=O) groups excluding carboxylic acids is 3. The first-order valence-electron chi connectivity index (χ1n) is 9.08. The zero-order chi connectivity index (χ0) is 21.5. The van der Waals surface area contributed by atoms with Crippen LogP contribution in [0.5, 0.6) is 0 Å². The molecule has 1 aromatic carbocycles. The molecule has 0 unspecified atom stereocenters. The van der Waals surface area contributed by atoms with E-state index in [4.69, 9.17) is 9.26 Å². The molecule has 0 fully saturated rings. The molecule has 0 radical (unpaired) electrons. The molecule has 156 valence electrons. The van der Waals surface area contributed by atoms with Crippen molar-refractivity contribution in [3.63, 3.8) is 0 Å². The average Bonchev–Trinajstić information content (AvgIpc) is 3.37. The summed E-state index contributed by atoms with van der Waals surface area (Å²) in [6, 6.07) is 6.78. The van der Waals surface area contributed by atoms with Crippen molar-refractivity contribution in [3.8, 4) is 11.4 Å². The van der Waals surface area contributed by atoms with Gasteiger partial charge in [-0.1, -0.05) is 28.6 Å². The number of thiazole rings is 1. The molecule has 11 heteroatoms. The summed E-state index contributed by atoms with van der Waals surface area (Å²) < 4.78 is 9.83. The van der Waals surface area contributed by atoms with E-state index in [1.165, 1.54) is 6.20 Å². The molecule has 0 aliphatic rings. The van der Waals surface area contributed by atoms with Crippen molar-refractivity contribution in [1.29, 1.82) is 0 Å². The maximum Gasteiger partial charge on any atom is 0.350 e. The SMILES string of the molecule is CCOC(=O)c1cnc(NC(=O)CCNC(=O)c2cccc(-c3noc(C)n3)c2)s1. The first kappa shape index (κ1) is 21.1. The Kier molecular flexibility index (Phi) is 6.86. The highest BCUT2D eigenvalue weighted by Gasteiger charge is 2.14. The predicted octanol–water partition coefficient (Wildman–Crippen LogP) is 2.44. The molecule has 0 spiro atoms. The number of amides is 2. The zero-order valence-corrected chi connectivity index (χ0v) is 17.1. The minimum atomic E-state index is -0.485. The lowest BCUT2D eigenvalue weighted by Crippen LogP contribution is -2.27. The Hall–Kier alpha value is -3.60. The molecule has 2 N–H and O–H groups in total. The van der Waals surface area contributed by atoms with Gasteiger partial charge in [0.25, 0.3) is 5.91 Å². The van der Waals surface area contributed by atoms with Gasteiger partial charge in [0, 0.05) is 31.0 Å². The first-order valence-corrected chi connectivity index (χ1v) is 9.89. The van der Waals surface area contributed by atoms with Crippen LogP contribution in [-0.2, 0) is 9.53 Å². The number of rotatable bonds is 8. The van der Waals surface area contributed by atoms with Crippen molar-refractivity contribution in [2.45, 2.75) is 20.3 Å². The van der Waals surface area contributed by atoms with Crippen LogP contribution in [0.15, 0.2) is 35.0 Å². The van der Waals surface area contributed by atoms with E-state index in [2.05, 4.69) is 25.8 Å². The third-order valence-corrected chi connectivity index (χ3v) is 4.67. The summed E-state index contributed by atoms with van der Waals surface area (Å²) in [5.41, 5.74) is 1.06. The molecule has 2 amide bonds. The van der Waals surface area contributed by atoms with Gasteiger partial charge in [-0.25, -0.2) is 9.78 Å². The fraction of sp³-hybridized carbons (Fsp3) is 0.263. The van der Waals surface area contributed by atoms with Crippen molar-refractivity contribution >= 4 is 34.3 Å². The number of nitrogens with zero attached hydrogens (tertiary/aromatic N) is 3. The van der Waals surface area contributed by atoms with Gasteiger partial charge in [-0.05, 0) is 19.1 Å². The van der Waals surface area contributed by atoms with Crippen LogP contribution in [0.3, 0.4) is 0 Å². The van der Waals surface area contributed by atoms with Crippen LogP contribution < -0.4 is 10.6 Å². The van der Waals surface area contributed by atoms with Gasteiger partial charge in [0.15, 0.2) is 5.13 Å². The minimum absolute atomic E-state index is 0.0454. The minimum Gasteiger partial charge on any atom is -0.462 e. The fourth-order valence-corrected chi connectivity index (χ4v) is 3.14. The van der Waals surface area contributed by atoms with Crippen LogP contribution >= 0.6 is 11.3 Å². The summed E-state index contributed by atoms with van der Waals surface area (Å²) in [5, 5.41) is 9.39. The van der Waals surface area contributed by atoms with Crippen LogP contribution in [0.25, 0.3) is 11.4 Å².